The minimum atomic E-state index is 0.279. The minimum Gasteiger partial charge on any atom is -0.382 e. The number of nitrogens with zero attached hydrogens (tertiary/aromatic N) is 1. The van der Waals surface area contributed by atoms with Crippen LogP contribution >= 0.6 is 11.8 Å². The maximum Gasteiger partial charge on any atom is 0.191 e. The fraction of sp³-hybridized carbons (Fsp3) is 0.929. The predicted molar refractivity (Wildman–Crippen MR) is 86.8 cm³/mol. The number of ether oxygens (including phenoxy) is 2. The van der Waals surface area contributed by atoms with Crippen molar-refractivity contribution >= 4 is 17.7 Å². The first-order valence-electron chi connectivity index (χ1n) is 7.41. The second-order valence-electron chi connectivity index (χ2n) is 4.90. The fourth-order valence-corrected chi connectivity index (χ4v) is 2.98. The third-order valence-electron chi connectivity index (χ3n) is 3.60. The van der Waals surface area contributed by atoms with E-state index in [9.17, 15) is 0 Å². The molecule has 0 aliphatic carbocycles. The van der Waals surface area contributed by atoms with Crippen molar-refractivity contribution in [1.82, 2.24) is 10.6 Å². The second kappa shape index (κ2) is 10.3. The van der Waals surface area contributed by atoms with E-state index in [1.165, 1.54) is 0 Å². The molecule has 118 valence electrons. The molecule has 0 unspecified atom stereocenters. The van der Waals surface area contributed by atoms with E-state index in [0.717, 1.165) is 64.7 Å². The Bertz CT molecular complexity index is 282. The van der Waals surface area contributed by atoms with Gasteiger partial charge in [0.05, 0.1) is 0 Å². The highest BCUT2D eigenvalue weighted by molar-refractivity contribution is 8.00. The van der Waals surface area contributed by atoms with Crippen molar-refractivity contribution in [2.75, 3.05) is 52.8 Å². The van der Waals surface area contributed by atoms with Crippen molar-refractivity contribution in [2.45, 2.75) is 30.9 Å². The number of guanidine groups is 1. The Kier molecular flexibility index (Phi) is 9.05. The van der Waals surface area contributed by atoms with Crippen LogP contribution in [-0.2, 0) is 9.47 Å². The third kappa shape index (κ3) is 6.33. The van der Waals surface area contributed by atoms with Crippen molar-refractivity contribution < 1.29 is 9.47 Å². The summed E-state index contributed by atoms with van der Waals surface area (Å²) in [7, 11) is 1.81. The lowest BCUT2D eigenvalue weighted by atomic mass is 9.99. The Morgan fingerprint density at radius 1 is 1.35 bits per heavy atom. The molecule has 1 aliphatic rings. The van der Waals surface area contributed by atoms with Crippen LogP contribution in [-0.4, -0.2) is 63.5 Å². The molecule has 0 aromatic carbocycles. The maximum atomic E-state index is 5.46. The van der Waals surface area contributed by atoms with Crippen LogP contribution in [0.4, 0.5) is 0 Å². The molecule has 0 bridgehead atoms. The molecule has 20 heavy (non-hydrogen) atoms. The molecule has 1 saturated heterocycles. The molecule has 0 spiro atoms. The van der Waals surface area contributed by atoms with E-state index < -0.39 is 0 Å². The molecule has 0 atom stereocenters. The average Bonchev–Trinajstić information content (AvgIpc) is 2.51. The van der Waals surface area contributed by atoms with Gasteiger partial charge < -0.3 is 20.1 Å². The third-order valence-corrected chi connectivity index (χ3v) is 5.02. The quantitative estimate of drug-likeness (QED) is 0.404. The molecule has 0 amide bonds. The van der Waals surface area contributed by atoms with Crippen LogP contribution in [0.15, 0.2) is 4.99 Å². The summed E-state index contributed by atoms with van der Waals surface area (Å²) in [5.74, 6) is 0.876. The molecule has 0 radical (unpaired) electrons. The van der Waals surface area contributed by atoms with Crippen LogP contribution in [0.2, 0.25) is 0 Å². The normalized spacial score (nSPS) is 18.9. The number of rotatable bonds is 8. The summed E-state index contributed by atoms with van der Waals surface area (Å²) < 4.78 is 11.1. The Morgan fingerprint density at radius 3 is 2.70 bits per heavy atom. The zero-order valence-electron chi connectivity index (χ0n) is 13.0. The van der Waals surface area contributed by atoms with Gasteiger partial charge in [0.1, 0.15) is 0 Å². The van der Waals surface area contributed by atoms with E-state index in [4.69, 9.17) is 9.47 Å². The summed E-state index contributed by atoms with van der Waals surface area (Å²) in [6, 6.07) is 0. The molecule has 1 fully saturated rings. The largest absolute Gasteiger partial charge is 0.382 e. The van der Waals surface area contributed by atoms with Crippen LogP contribution < -0.4 is 10.6 Å². The Morgan fingerprint density at radius 2 is 2.10 bits per heavy atom. The lowest BCUT2D eigenvalue weighted by molar-refractivity contribution is 0.0783. The lowest BCUT2D eigenvalue weighted by Crippen LogP contribution is -2.48. The van der Waals surface area contributed by atoms with Crippen molar-refractivity contribution in [3.05, 3.63) is 0 Å². The number of hydrogen-bond acceptors (Lipinski definition) is 4. The molecular formula is C14H29N3O2S. The molecule has 0 aromatic heterocycles. The highest BCUT2D eigenvalue weighted by Gasteiger charge is 2.31. The zero-order valence-corrected chi connectivity index (χ0v) is 13.9. The van der Waals surface area contributed by atoms with Gasteiger partial charge in [0.15, 0.2) is 5.96 Å². The molecular weight excluding hydrogens is 274 g/mol. The summed E-state index contributed by atoms with van der Waals surface area (Å²) in [5.41, 5.74) is 0. The Hall–Kier alpha value is -0.460. The zero-order chi connectivity index (χ0) is 14.7. The molecule has 1 heterocycles. The summed E-state index contributed by atoms with van der Waals surface area (Å²) in [6.45, 7) is 7.14. The SMILES string of the molecule is CCOCCCNC(=NC)NCC1(SC)CCOCC1. The first-order valence-corrected chi connectivity index (χ1v) is 8.64. The van der Waals surface area contributed by atoms with Crippen molar-refractivity contribution in [1.29, 1.82) is 0 Å². The van der Waals surface area contributed by atoms with Crippen molar-refractivity contribution in [2.24, 2.45) is 4.99 Å². The van der Waals surface area contributed by atoms with E-state index in [0.29, 0.717) is 0 Å². The second-order valence-corrected chi connectivity index (χ2v) is 6.18. The van der Waals surface area contributed by atoms with Crippen molar-refractivity contribution in [3.8, 4) is 0 Å². The number of aliphatic imine (C=N–C) groups is 1. The smallest absolute Gasteiger partial charge is 0.191 e. The molecule has 1 aliphatic heterocycles. The Labute approximate surface area is 127 Å². The van der Waals surface area contributed by atoms with Gasteiger partial charge in [-0.1, -0.05) is 0 Å². The van der Waals surface area contributed by atoms with Crippen LogP contribution in [0.25, 0.3) is 0 Å². The molecule has 0 aromatic rings. The molecule has 5 nitrogen and oxygen atoms in total. The van der Waals surface area contributed by atoms with Gasteiger partial charge in [0, 0.05) is 51.3 Å². The van der Waals surface area contributed by atoms with E-state index in [1.54, 1.807) is 0 Å². The Balaban J connectivity index is 2.25. The van der Waals surface area contributed by atoms with Crippen LogP contribution in [0.5, 0.6) is 0 Å². The topological polar surface area (TPSA) is 54.9 Å². The van der Waals surface area contributed by atoms with Gasteiger partial charge in [-0.25, -0.2) is 0 Å². The van der Waals surface area contributed by atoms with E-state index in [2.05, 4.69) is 21.9 Å². The van der Waals surface area contributed by atoms with Gasteiger partial charge in [-0.15, -0.1) is 0 Å². The summed E-state index contributed by atoms with van der Waals surface area (Å²) in [6.07, 6.45) is 5.38. The monoisotopic (exact) mass is 303 g/mol. The van der Waals surface area contributed by atoms with Crippen LogP contribution in [0.1, 0.15) is 26.2 Å². The number of nitrogens with one attached hydrogen (secondary N) is 2. The van der Waals surface area contributed by atoms with Crippen LogP contribution in [0, 0.1) is 0 Å². The first-order chi connectivity index (χ1) is 9.76. The van der Waals surface area contributed by atoms with Gasteiger partial charge in [0.2, 0.25) is 0 Å². The van der Waals surface area contributed by atoms with Gasteiger partial charge in [0.25, 0.3) is 0 Å². The highest BCUT2D eigenvalue weighted by Crippen LogP contribution is 2.32. The fourth-order valence-electron chi connectivity index (χ4n) is 2.19. The van der Waals surface area contributed by atoms with Gasteiger partial charge in [-0.2, -0.15) is 11.8 Å². The first kappa shape index (κ1) is 17.6. The summed E-state index contributed by atoms with van der Waals surface area (Å²) >= 11 is 1.94. The molecule has 1 rings (SSSR count). The minimum absolute atomic E-state index is 0.279. The van der Waals surface area contributed by atoms with E-state index >= 15 is 0 Å². The van der Waals surface area contributed by atoms with Gasteiger partial charge in [-0.3, -0.25) is 4.99 Å². The summed E-state index contributed by atoms with van der Waals surface area (Å²) in [4.78, 5) is 4.27. The lowest BCUT2D eigenvalue weighted by Gasteiger charge is -2.36. The molecule has 6 heteroatoms. The van der Waals surface area contributed by atoms with E-state index in [-0.39, 0.29) is 4.75 Å². The van der Waals surface area contributed by atoms with Gasteiger partial charge >= 0.3 is 0 Å². The maximum absolute atomic E-state index is 5.46. The summed E-state index contributed by atoms with van der Waals surface area (Å²) in [5, 5.41) is 6.77. The standard InChI is InChI=1S/C14H29N3O2S/c1-4-18-9-5-8-16-13(15-2)17-12-14(20-3)6-10-19-11-7-14/h4-12H2,1-3H3,(H2,15,16,17). The number of thioether (sulfide) groups is 1. The van der Waals surface area contributed by atoms with Crippen molar-refractivity contribution in [3.63, 3.8) is 0 Å². The average molecular weight is 303 g/mol. The van der Waals surface area contributed by atoms with Gasteiger partial charge in [-0.05, 0) is 32.4 Å². The predicted octanol–water partition coefficient (Wildman–Crippen LogP) is 1.49. The van der Waals surface area contributed by atoms with Crippen LogP contribution in [0.3, 0.4) is 0 Å². The number of hydrogen-bond donors (Lipinski definition) is 2. The molecule has 0 saturated carbocycles. The van der Waals surface area contributed by atoms with E-state index in [1.807, 2.05) is 25.7 Å². The highest BCUT2D eigenvalue weighted by atomic mass is 32.2. The molecule has 2 N–H and O–H groups in total.